The predicted molar refractivity (Wildman–Crippen MR) is 118 cm³/mol. The Labute approximate surface area is 174 Å². The molecular formula is C24H34N2O3. The van der Waals surface area contributed by atoms with Gasteiger partial charge in [0.1, 0.15) is 24.2 Å². The molecule has 3 rings (SSSR count). The summed E-state index contributed by atoms with van der Waals surface area (Å²) >= 11 is 0. The van der Waals surface area contributed by atoms with Gasteiger partial charge in [-0.25, -0.2) is 0 Å². The van der Waals surface area contributed by atoms with Crippen LogP contribution in [-0.2, 0) is 0 Å². The molecule has 1 aliphatic heterocycles. The molecule has 0 radical (unpaired) electrons. The lowest BCUT2D eigenvalue weighted by Gasteiger charge is -2.25. The van der Waals surface area contributed by atoms with Crippen LogP contribution in [0.25, 0.3) is 0 Å². The second-order valence-corrected chi connectivity index (χ2v) is 7.96. The van der Waals surface area contributed by atoms with Crippen molar-refractivity contribution in [2.45, 2.75) is 33.3 Å². The van der Waals surface area contributed by atoms with Crippen LogP contribution in [0.1, 0.15) is 23.1 Å². The van der Waals surface area contributed by atoms with Gasteiger partial charge in [0.25, 0.3) is 0 Å². The summed E-state index contributed by atoms with van der Waals surface area (Å²) in [6.45, 7) is 11.1. The van der Waals surface area contributed by atoms with Gasteiger partial charge in [-0.05, 0) is 74.7 Å². The van der Waals surface area contributed by atoms with Gasteiger partial charge in [0.05, 0.1) is 7.11 Å². The minimum atomic E-state index is -0.498. The van der Waals surface area contributed by atoms with Gasteiger partial charge < -0.3 is 19.5 Å². The molecule has 0 aromatic heterocycles. The molecule has 1 aliphatic rings. The fraction of sp³-hybridized carbons (Fsp3) is 0.500. The number of anilines is 1. The minimum Gasteiger partial charge on any atom is -0.497 e. The number of nitrogens with zero attached hydrogens (tertiary/aromatic N) is 2. The molecule has 0 bridgehead atoms. The molecule has 0 saturated carbocycles. The van der Waals surface area contributed by atoms with E-state index < -0.39 is 6.10 Å². The van der Waals surface area contributed by atoms with Crippen LogP contribution in [0.5, 0.6) is 11.5 Å². The lowest BCUT2D eigenvalue weighted by atomic mass is 10.1. The molecule has 1 atom stereocenters. The van der Waals surface area contributed by atoms with Gasteiger partial charge in [0.15, 0.2) is 0 Å². The molecule has 1 saturated heterocycles. The summed E-state index contributed by atoms with van der Waals surface area (Å²) in [6.07, 6.45) is 0.581. The summed E-state index contributed by atoms with van der Waals surface area (Å²) in [6, 6.07) is 12.4. The standard InChI is InChI=1S/C24H34N2O3/c1-18-6-7-19(2)24(20(18)3)29-17-22(27)16-25-12-5-13-26(15-14-25)21-8-10-23(28-4)11-9-21/h6-11,22,27H,5,12-17H2,1-4H3/t22-/m1/s1. The molecular weight excluding hydrogens is 364 g/mol. The smallest absolute Gasteiger partial charge is 0.125 e. The van der Waals surface area contributed by atoms with Crippen molar-refractivity contribution in [2.24, 2.45) is 0 Å². The van der Waals surface area contributed by atoms with Crippen molar-refractivity contribution in [3.63, 3.8) is 0 Å². The highest BCUT2D eigenvalue weighted by molar-refractivity contribution is 5.49. The maximum atomic E-state index is 10.6. The van der Waals surface area contributed by atoms with Crippen molar-refractivity contribution in [1.82, 2.24) is 4.90 Å². The summed E-state index contributed by atoms with van der Waals surface area (Å²) in [5, 5.41) is 10.6. The first-order valence-corrected chi connectivity index (χ1v) is 10.5. The van der Waals surface area contributed by atoms with Gasteiger partial charge in [-0.3, -0.25) is 4.90 Å². The lowest BCUT2D eigenvalue weighted by Crippen LogP contribution is -2.38. The average Bonchev–Trinajstić information content (AvgIpc) is 2.96. The Hall–Kier alpha value is -2.24. The molecule has 158 valence electrons. The molecule has 2 aromatic carbocycles. The SMILES string of the molecule is COc1ccc(N2CCCN(C[C@@H](O)COc3c(C)ccc(C)c3C)CC2)cc1. The number of aliphatic hydroxyl groups is 1. The van der Waals surface area contributed by atoms with Gasteiger partial charge in [0.2, 0.25) is 0 Å². The first-order valence-electron chi connectivity index (χ1n) is 10.5. The van der Waals surface area contributed by atoms with E-state index in [-0.39, 0.29) is 0 Å². The zero-order valence-electron chi connectivity index (χ0n) is 18.1. The van der Waals surface area contributed by atoms with Crippen molar-refractivity contribution in [3.8, 4) is 11.5 Å². The molecule has 1 fully saturated rings. The third-order valence-corrected chi connectivity index (χ3v) is 5.79. The normalized spacial score (nSPS) is 16.4. The highest BCUT2D eigenvalue weighted by atomic mass is 16.5. The van der Waals surface area contributed by atoms with Crippen LogP contribution >= 0.6 is 0 Å². The highest BCUT2D eigenvalue weighted by Crippen LogP contribution is 2.26. The monoisotopic (exact) mass is 398 g/mol. The van der Waals surface area contributed by atoms with Crippen LogP contribution in [0.2, 0.25) is 0 Å². The maximum absolute atomic E-state index is 10.6. The Morgan fingerprint density at radius 3 is 2.38 bits per heavy atom. The van der Waals surface area contributed by atoms with E-state index in [1.165, 1.54) is 11.3 Å². The number of benzene rings is 2. The van der Waals surface area contributed by atoms with Gasteiger partial charge in [-0.1, -0.05) is 12.1 Å². The fourth-order valence-corrected chi connectivity index (χ4v) is 3.88. The van der Waals surface area contributed by atoms with Crippen molar-refractivity contribution in [2.75, 3.05) is 51.3 Å². The van der Waals surface area contributed by atoms with Crippen LogP contribution in [0.15, 0.2) is 36.4 Å². The Kier molecular flexibility index (Phi) is 7.40. The summed E-state index contributed by atoms with van der Waals surface area (Å²) in [7, 11) is 1.69. The van der Waals surface area contributed by atoms with Gasteiger partial charge >= 0.3 is 0 Å². The first kappa shape index (κ1) is 21.5. The Bertz CT molecular complexity index is 791. The molecule has 5 heteroatoms. The second-order valence-electron chi connectivity index (χ2n) is 7.96. The van der Waals surface area contributed by atoms with Gasteiger partial charge in [0, 0.05) is 31.9 Å². The van der Waals surface area contributed by atoms with Crippen LogP contribution in [0, 0.1) is 20.8 Å². The minimum absolute atomic E-state index is 0.323. The third-order valence-electron chi connectivity index (χ3n) is 5.79. The van der Waals surface area contributed by atoms with E-state index >= 15 is 0 Å². The number of aliphatic hydroxyl groups excluding tert-OH is 1. The van der Waals surface area contributed by atoms with E-state index in [2.05, 4.69) is 54.8 Å². The van der Waals surface area contributed by atoms with Crippen LogP contribution < -0.4 is 14.4 Å². The van der Waals surface area contributed by atoms with E-state index in [9.17, 15) is 5.11 Å². The van der Waals surface area contributed by atoms with E-state index in [1.54, 1.807) is 7.11 Å². The van der Waals surface area contributed by atoms with Crippen molar-refractivity contribution >= 4 is 5.69 Å². The molecule has 0 amide bonds. The fourth-order valence-electron chi connectivity index (χ4n) is 3.88. The zero-order valence-corrected chi connectivity index (χ0v) is 18.1. The van der Waals surface area contributed by atoms with Crippen LogP contribution in [-0.4, -0.2) is 62.6 Å². The number of ether oxygens (including phenoxy) is 2. The number of hydrogen-bond donors (Lipinski definition) is 1. The number of aryl methyl sites for hydroxylation is 2. The van der Waals surface area contributed by atoms with Crippen molar-refractivity contribution in [1.29, 1.82) is 0 Å². The number of β-amino-alcohol motifs (C(OH)–C–C–N with tert-alkyl or cyclic N) is 1. The Balaban J connectivity index is 1.50. The van der Waals surface area contributed by atoms with E-state index in [4.69, 9.17) is 9.47 Å². The van der Waals surface area contributed by atoms with Gasteiger partial charge in [-0.15, -0.1) is 0 Å². The topological polar surface area (TPSA) is 45.2 Å². The van der Waals surface area contributed by atoms with Crippen molar-refractivity contribution in [3.05, 3.63) is 53.1 Å². The van der Waals surface area contributed by atoms with Crippen molar-refractivity contribution < 1.29 is 14.6 Å². The Morgan fingerprint density at radius 2 is 1.66 bits per heavy atom. The van der Waals surface area contributed by atoms with E-state index in [0.29, 0.717) is 13.2 Å². The zero-order chi connectivity index (χ0) is 20.8. The average molecular weight is 399 g/mol. The molecule has 29 heavy (non-hydrogen) atoms. The third kappa shape index (κ3) is 5.64. The molecule has 0 unspecified atom stereocenters. The van der Waals surface area contributed by atoms with Crippen LogP contribution in [0.3, 0.4) is 0 Å². The largest absolute Gasteiger partial charge is 0.497 e. The molecule has 2 aromatic rings. The summed E-state index contributed by atoms with van der Waals surface area (Å²) in [5.74, 6) is 1.79. The van der Waals surface area contributed by atoms with Crippen LogP contribution in [0.4, 0.5) is 5.69 Å². The van der Waals surface area contributed by atoms with E-state index in [0.717, 1.165) is 55.2 Å². The molecule has 0 aliphatic carbocycles. The number of methoxy groups -OCH3 is 1. The molecule has 0 spiro atoms. The van der Waals surface area contributed by atoms with Gasteiger partial charge in [-0.2, -0.15) is 0 Å². The maximum Gasteiger partial charge on any atom is 0.125 e. The highest BCUT2D eigenvalue weighted by Gasteiger charge is 2.19. The first-order chi connectivity index (χ1) is 14.0. The summed E-state index contributed by atoms with van der Waals surface area (Å²) in [4.78, 5) is 4.75. The molecule has 1 N–H and O–H groups in total. The predicted octanol–water partition coefficient (Wildman–Crippen LogP) is 3.57. The quantitative estimate of drug-likeness (QED) is 0.773. The summed E-state index contributed by atoms with van der Waals surface area (Å²) < 4.78 is 11.2. The number of rotatable bonds is 7. The number of hydrogen-bond acceptors (Lipinski definition) is 5. The lowest BCUT2D eigenvalue weighted by molar-refractivity contribution is 0.0700. The molecule has 5 nitrogen and oxygen atoms in total. The van der Waals surface area contributed by atoms with E-state index in [1.807, 2.05) is 12.1 Å². The second kappa shape index (κ2) is 9.99. The Morgan fingerprint density at radius 1 is 0.931 bits per heavy atom. The molecule has 1 heterocycles. The summed E-state index contributed by atoms with van der Waals surface area (Å²) in [5.41, 5.74) is 4.71.